The quantitative estimate of drug-likeness (QED) is 0.208. The molecule has 1 aliphatic carbocycles. The Kier molecular flexibility index (Phi) is 6.48. The molecule has 158 valence electrons. The van der Waals surface area contributed by atoms with Gasteiger partial charge < -0.3 is 14.2 Å². The molecule has 0 amide bonds. The lowest BCUT2D eigenvalue weighted by atomic mass is 9.96. The van der Waals surface area contributed by atoms with Gasteiger partial charge in [-0.25, -0.2) is 4.79 Å². The van der Waals surface area contributed by atoms with E-state index in [4.69, 9.17) is 14.2 Å². The first-order valence-corrected chi connectivity index (χ1v) is 10.5. The number of carbonyl (C=O) groups excluding carboxylic acids is 1. The Balaban J connectivity index is 1.29. The molecule has 0 unspecified atom stereocenters. The average Bonchev–Trinajstić information content (AvgIpc) is 3.17. The van der Waals surface area contributed by atoms with Gasteiger partial charge in [-0.2, -0.15) is 0 Å². The van der Waals surface area contributed by atoms with Crippen LogP contribution in [-0.4, -0.2) is 32.4 Å². The summed E-state index contributed by atoms with van der Waals surface area (Å²) in [5, 5.41) is 0. The van der Waals surface area contributed by atoms with Crippen LogP contribution >= 0.6 is 0 Å². The zero-order valence-corrected chi connectivity index (χ0v) is 17.7. The minimum absolute atomic E-state index is 0.214. The van der Waals surface area contributed by atoms with Gasteiger partial charge in [0.2, 0.25) is 0 Å². The Morgan fingerprint density at radius 3 is 2.35 bits per heavy atom. The zero-order valence-electron chi connectivity index (χ0n) is 17.7. The van der Waals surface area contributed by atoms with E-state index in [1.165, 1.54) is 33.4 Å². The second kappa shape index (κ2) is 9.63. The number of benzene rings is 3. The normalized spacial score (nSPS) is 11.5. The summed E-state index contributed by atoms with van der Waals surface area (Å²) in [6.07, 6.45) is 0.971. The summed E-state index contributed by atoms with van der Waals surface area (Å²) < 4.78 is 16.2. The Morgan fingerprint density at radius 2 is 1.55 bits per heavy atom. The fourth-order valence-corrected chi connectivity index (χ4v) is 3.80. The van der Waals surface area contributed by atoms with Crippen molar-refractivity contribution in [1.29, 1.82) is 0 Å². The van der Waals surface area contributed by atoms with E-state index in [0.29, 0.717) is 25.4 Å². The van der Waals surface area contributed by atoms with Crippen molar-refractivity contribution in [3.05, 3.63) is 90.0 Å². The first kappa shape index (κ1) is 20.9. The number of rotatable bonds is 9. The average molecular weight is 415 g/mol. The maximum absolute atomic E-state index is 11.3. The van der Waals surface area contributed by atoms with Crippen molar-refractivity contribution in [2.24, 2.45) is 0 Å². The molecule has 4 rings (SSSR count). The predicted octanol–water partition coefficient (Wildman–Crippen LogP) is 5.44. The molecule has 0 saturated carbocycles. The third-order valence-electron chi connectivity index (χ3n) is 5.32. The van der Waals surface area contributed by atoms with Crippen molar-refractivity contribution < 1.29 is 19.0 Å². The van der Waals surface area contributed by atoms with Crippen LogP contribution in [-0.2, 0) is 20.7 Å². The van der Waals surface area contributed by atoms with Crippen molar-refractivity contribution in [3.63, 3.8) is 0 Å². The van der Waals surface area contributed by atoms with Crippen molar-refractivity contribution in [2.45, 2.75) is 13.3 Å². The first-order chi connectivity index (χ1) is 15.1. The smallest absolute Gasteiger partial charge is 0.333 e. The van der Waals surface area contributed by atoms with Gasteiger partial charge in [-0.15, -0.1) is 0 Å². The Bertz CT molecular complexity index is 1080. The topological polar surface area (TPSA) is 44.8 Å². The summed E-state index contributed by atoms with van der Waals surface area (Å²) >= 11 is 0. The predicted molar refractivity (Wildman–Crippen MR) is 122 cm³/mol. The molecular weight excluding hydrogens is 388 g/mol. The van der Waals surface area contributed by atoms with E-state index >= 15 is 0 Å². The van der Waals surface area contributed by atoms with E-state index in [-0.39, 0.29) is 6.61 Å². The van der Waals surface area contributed by atoms with Gasteiger partial charge in [0, 0.05) is 5.57 Å². The second-order valence-corrected chi connectivity index (χ2v) is 7.57. The van der Waals surface area contributed by atoms with Crippen LogP contribution in [0.4, 0.5) is 0 Å². The van der Waals surface area contributed by atoms with E-state index in [1.807, 2.05) is 12.1 Å². The minimum Gasteiger partial charge on any atom is -0.491 e. The molecule has 0 bridgehead atoms. The standard InChI is InChI=1S/C27H26O4/c1-19(2)27(28)31-17-15-29-14-16-30-22-12-10-20(11-13-22)23-8-5-9-25-24-7-4-3-6-21(24)18-26(23)25/h3-13H,1,14-18H2,2H3. The number of carbonyl (C=O) groups is 1. The fraction of sp³-hybridized carbons (Fsp3) is 0.222. The van der Waals surface area contributed by atoms with E-state index < -0.39 is 5.97 Å². The van der Waals surface area contributed by atoms with Crippen LogP contribution in [0.3, 0.4) is 0 Å². The van der Waals surface area contributed by atoms with Gasteiger partial charge in [0.1, 0.15) is 19.0 Å². The highest BCUT2D eigenvalue weighted by Crippen LogP contribution is 2.41. The lowest BCUT2D eigenvalue weighted by Crippen LogP contribution is -2.13. The van der Waals surface area contributed by atoms with E-state index in [0.717, 1.165) is 12.2 Å². The third-order valence-corrected chi connectivity index (χ3v) is 5.32. The van der Waals surface area contributed by atoms with Crippen molar-refractivity contribution in [3.8, 4) is 28.0 Å². The van der Waals surface area contributed by atoms with E-state index in [9.17, 15) is 4.79 Å². The van der Waals surface area contributed by atoms with Crippen molar-refractivity contribution >= 4 is 5.97 Å². The van der Waals surface area contributed by atoms with Crippen molar-refractivity contribution in [1.82, 2.24) is 0 Å². The lowest BCUT2D eigenvalue weighted by Gasteiger charge is -2.11. The third kappa shape index (κ3) is 4.86. The number of esters is 1. The van der Waals surface area contributed by atoms with Crippen LogP contribution in [0.5, 0.6) is 5.75 Å². The van der Waals surface area contributed by atoms with Gasteiger partial charge in [0.05, 0.1) is 13.2 Å². The highest BCUT2D eigenvalue weighted by Gasteiger charge is 2.20. The summed E-state index contributed by atoms with van der Waals surface area (Å²) in [6, 6.07) is 23.3. The number of hydrogen-bond acceptors (Lipinski definition) is 4. The highest BCUT2D eigenvalue weighted by atomic mass is 16.6. The highest BCUT2D eigenvalue weighted by molar-refractivity contribution is 5.87. The van der Waals surface area contributed by atoms with E-state index in [2.05, 4.69) is 61.2 Å². The minimum atomic E-state index is -0.395. The number of hydrogen-bond donors (Lipinski definition) is 0. The maximum atomic E-state index is 11.3. The summed E-state index contributed by atoms with van der Waals surface area (Å²) in [7, 11) is 0. The van der Waals surface area contributed by atoms with Gasteiger partial charge in [0.25, 0.3) is 0 Å². The first-order valence-electron chi connectivity index (χ1n) is 10.5. The summed E-state index contributed by atoms with van der Waals surface area (Å²) in [5.41, 5.74) is 8.29. The molecule has 4 nitrogen and oxygen atoms in total. The largest absolute Gasteiger partial charge is 0.491 e. The molecule has 0 atom stereocenters. The summed E-state index contributed by atoms with van der Waals surface area (Å²) in [4.78, 5) is 11.3. The monoisotopic (exact) mass is 414 g/mol. The van der Waals surface area contributed by atoms with Gasteiger partial charge in [-0.05, 0) is 58.9 Å². The van der Waals surface area contributed by atoms with Gasteiger partial charge in [-0.1, -0.05) is 61.2 Å². The van der Waals surface area contributed by atoms with Gasteiger partial charge >= 0.3 is 5.97 Å². The number of ether oxygens (including phenoxy) is 3. The second-order valence-electron chi connectivity index (χ2n) is 7.57. The van der Waals surface area contributed by atoms with Crippen LogP contribution in [0.1, 0.15) is 18.1 Å². The van der Waals surface area contributed by atoms with Gasteiger partial charge in [-0.3, -0.25) is 0 Å². The SMILES string of the molecule is C=C(C)C(=O)OCCOCCOc1ccc(-c2cccc3c2Cc2ccccc2-3)cc1. The molecule has 0 aliphatic heterocycles. The Morgan fingerprint density at radius 1 is 0.839 bits per heavy atom. The maximum Gasteiger partial charge on any atom is 0.333 e. The molecule has 0 N–H and O–H groups in total. The molecule has 3 aromatic carbocycles. The van der Waals surface area contributed by atoms with Crippen LogP contribution in [0.2, 0.25) is 0 Å². The molecule has 4 heteroatoms. The lowest BCUT2D eigenvalue weighted by molar-refractivity contribution is -0.140. The molecule has 0 heterocycles. The summed E-state index contributed by atoms with van der Waals surface area (Å²) in [6.45, 7) is 6.56. The van der Waals surface area contributed by atoms with Crippen molar-refractivity contribution in [2.75, 3.05) is 26.4 Å². The Labute approximate surface area is 183 Å². The molecule has 0 radical (unpaired) electrons. The van der Waals surface area contributed by atoms with E-state index in [1.54, 1.807) is 6.92 Å². The van der Waals surface area contributed by atoms with Crippen LogP contribution in [0.25, 0.3) is 22.3 Å². The molecule has 0 aromatic heterocycles. The Hall–Kier alpha value is -3.37. The molecule has 31 heavy (non-hydrogen) atoms. The molecule has 3 aromatic rings. The van der Waals surface area contributed by atoms with Crippen LogP contribution in [0, 0.1) is 0 Å². The summed E-state index contributed by atoms with van der Waals surface area (Å²) in [5.74, 6) is 0.407. The molecule has 0 fully saturated rings. The molecule has 0 saturated heterocycles. The molecule has 1 aliphatic rings. The number of fused-ring (bicyclic) bond motifs is 3. The molecule has 0 spiro atoms. The fourth-order valence-electron chi connectivity index (χ4n) is 3.80. The van der Waals surface area contributed by atoms with Crippen LogP contribution in [0.15, 0.2) is 78.9 Å². The van der Waals surface area contributed by atoms with Gasteiger partial charge in [0.15, 0.2) is 0 Å². The zero-order chi connectivity index (χ0) is 21.6. The molecular formula is C27H26O4. The van der Waals surface area contributed by atoms with Crippen LogP contribution < -0.4 is 4.74 Å².